The minimum absolute atomic E-state index is 0.287. The zero-order valence-electron chi connectivity index (χ0n) is 18.5. The van der Waals surface area contributed by atoms with Gasteiger partial charge in [-0.1, -0.05) is 84.1 Å². The van der Waals surface area contributed by atoms with Gasteiger partial charge in [0.05, 0.1) is 16.8 Å². The summed E-state index contributed by atoms with van der Waals surface area (Å²) in [6.45, 7) is 3.82. The van der Waals surface area contributed by atoms with Gasteiger partial charge in [-0.25, -0.2) is 4.79 Å². The SMILES string of the molecule is CCOC(=O)C(C)n1c(=NC(=O)/C(=C/c2ccccc2)c2ccccc2)sc2ccccc21. The number of para-hydroxylation sites is 1. The standard InChI is InChI=1S/C27H24N2O3S/c1-3-32-26(31)19(2)29-23-16-10-11-17-24(23)33-27(29)28-25(30)22(21-14-8-5-9-15-21)18-20-12-6-4-7-13-20/h4-19H,3H2,1-2H3/b22-18+,28-27?. The number of rotatable bonds is 6. The van der Waals surface area contributed by atoms with Crippen LogP contribution in [0, 0.1) is 0 Å². The Morgan fingerprint density at radius 2 is 1.61 bits per heavy atom. The third kappa shape index (κ3) is 5.02. The number of carbonyl (C=O) groups is 2. The number of thiazole rings is 1. The molecule has 0 bridgehead atoms. The monoisotopic (exact) mass is 456 g/mol. The molecule has 0 N–H and O–H groups in total. The predicted octanol–water partition coefficient (Wildman–Crippen LogP) is 5.50. The van der Waals surface area contributed by atoms with Crippen LogP contribution in [0.1, 0.15) is 31.0 Å². The molecular weight excluding hydrogens is 432 g/mol. The number of carbonyl (C=O) groups excluding carboxylic acids is 2. The molecule has 33 heavy (non-hydrogen) atoms. The molecule has 3 aromatic carbocycles. The van der Waals surface area contributed by atoms with Crippen LogP contribution in [0.25, 0.3) is 21.9 Å². The molecule has 1 aromatic heterocycles. The van der Waals surface area contributed by atoms with Crippen LogP contribution in [0.2, 0.25) is 0 Å². The first-order chi connectivity index (χ1) is 16.1. The van der Waals surface area contributed by atoms with Crippen LogP contribution in [0.3, 0.4) is 0 Å². The highest BCUT2D eigenvalue weighted by atomic mass is 32.1. The van der Waals surface area contributed by atoms with E-state index >= 15 is 0 Å². The Morgan fingerprint density at radius 1 is 0.970 bits per heavy atom. The average Bonchev–Trinajstić information content (AvgIpc) is 3.21. The fraction of sp³-hybridized carbons (Fsp3) is 0.148. The first kappa shape index (κ1) is 22.4. The summed E-state index contributed by atoms with van der Waals surface area (Å²) in [5, 5.41) is 0. The maximum absolute atomic E-state index is 13.5. The van der Waals surface area contributed by atoms with Gasteiger partial charge in [0.1, 0.15) is 6.04 Å². The number of hydrogen-bond acceptors (Lipinski definition) is 4. The summed E-state index contributed by atoms with van der Waals surface area (Å²) in [7, 11) is 0. The second kappa shape index (κ2) is 10.2. The second-order valence-electron chi connectivity index (χ2n) is 7.40. The lowest BCUT2D eigenvalue weighted by atomic mass is 10.0. The number of esters is 1. The van der Waals surface area contributed by atoms with Crippen LogP contribution >= 0.6 is 11.3 Å². The number of benzene rings is 3. The lowest BCUT2D eigenvalue weighted by Gasteiger charge is -2.13. The quantitative estimate of drug-likeness (QED) is 0.219. The molecule has 0 fully saturated rings. The fourth-order valence-electron chi connectivity index (χ4n) is 3.56. The van der Waals surface area contributed by atoms with Gasteiger partial charge in [0.2, 0.25) is 0 Å². The van der Waals surface area contributed by atoms with Crippen LogP contribution in [0.4, 0.5) is 0 Å². The van der Waals surface area contributed by atoms with Crippen molar-refractivity contribution in [1.29, 1.82) is 0 Å². The summed E-state index contributed by atoms with van der Waals surface area (Å²) in [6.07, 6.45) is 1.84. The molecule has 0 spiro atoms. The number of fused-ring (bicyclic) bond motifs is 1. The van der Waals surface area contributed by atoms with E-state index in [-0.39, 0.29) is 18.5 Å². The smallest absolute Gasteiger partial charge is 0.328 e. The van der Waals surface area contributed by atoms with E-state index in [0.717, 1.165) is 21.3 Å². The summed E-state index contributed by atoms with van der Waals surface area (Å²) in [5.41, 5.74) is 3.00. The number of hydrogen-bond donors (Lipinski definition) is 0. The number of aromatic nitrogens is 1. The van der Waals surface area contributed by atoms with Gasteiger partial charge in [-0.2, -0.15) is 4.99 Å². The van der Waals surface area contributed by atoms with E-state index in [9.17, 15) is 9.59 Å². The van der Waals surface area contributed by atoms with Gasteiger partial charge in [-0.05, 0) is 43.2 Å². The van der Waals surface area contributed by atoms with Crippen LogP contribution in [0.15, 0.2) is 89.9 Å². The highest BCUT2D eigenvalue weighted by molar-refractivity contribution is 7.16. The maximum atomic E-state index is 13.5. The molecule has 0 aliphatic rings. The zero-order chi connectivity index (χ0) is 23.2. The molecule has 0 aliphatic carbocycles. The summed E-state index contributed by atoms with van der Waals surface area (Å²) in [4.78, 5) is 31.0. The minimum atomic E-state index is -0.620. The molecule has 1 atom stereocenters. The summed E-state index contributed by atoms with van der Waals surface area (Å²) in [6, 6.07) is 26.2. The zero-order valence-corrected chi connectivity index (χ0v) is 19.3. The number of ether oxygens (including phenoxy) is 1. The van der Waals surface area contributed by atoms with Gasteiger partial charge in [0.25, 0.3) is 5.91 Å². The van der Waals surface area contributed by atoms with E-state index in [4.69, 9.17) is 4.74 Å². The summed E-state index contributed by atoms with van der Waals surface area (Å²) >= 11 is 1.38. The Kier molecular flexibility index (Phi) is 6.95. The largest absolute Gasteiger partial charge is 0.464 e. The van der Waals surface area contributed by atoms with Gasteiger partial charge in [0.15, 0.2) is 4.80 Å². The predicted molar refractivity (Wildman–Crippen MR) is 132 cm³/mol. The van der Waals surface area contributed by atoms with E-state index in [2.05, 4.69) is 4.99 Å². The molecule has 0 saturated heterocycles. The van der Waals surface area contributed by atoms with E-state index in [1.165, 1.54) is 11.3 Å². The molecule has 6 heteroatoms. The number of nitrogens with zero attached hydrogens (tertiary/aromatic N) is 2. The second-order valence-corrected chi connectivity index (χ2v) is 8.41. The first-order valence-corrected chi connectivity index (χ1v) is 11.6. The normalized spacial score (nSPS) is 13.2. The molecule has 1 unspecified atom stereocenters. The van der Waals surface area contributed by atoms with Crippen molar-refractivity contribution in [3.8, 4) is 0 Å². The third-order valence-corrected chi connectivity index (χ3v) is 6.21. The van der Waals surface area contributed by atoms with Crippen molar-refractivity contribution in [3.63, 3.8) is 0 Å². The Labute approximate surface area is 196 Å². The van der Waals surface area contributed by atoms with Crippen LogP contribution < -0.4 is 4.80 Å². The molecular formula is C27H24N2O3S. The molecule has 1 amide bonds. The lowest BCUT2D eigenvalue weighted by molar-refractivity contribution is -0.146. The van der Waals surface area contributed by atoms with Crippen molar-refractivity contribution in [2.24, 2.45) is 4.99 Å². The fourth-order valence-corrected chi connectivity index (χ4v) is 4.66. The Hall–Kier alpha value is -3.77. The minimum Gasteiger partial charge on any atom is -0.464 e. The van der Waals surface area contributed by atoms with Crippen LogP contribution in [-0.2, 0) is 14.3 Å². The lowest BCUT2D eigenvalue weighted by Crippen LogP contribution is -2.27. The van der Waals surface area contributed by atoms with E-state index in [0.29, 0.717) is 10.4 Å². The molecule has 4 rings (SSSR count). The van der Waals surface area contributed by atoms with E-state index < -0.39 is 6.04 Å². The van der Waals surface area contributed by atoms with Crippen molar-refractivity contribution in [1.82, 2.24) is 4.57 Å². The van der Waals surface area contributed by atoms with Crippen molar-refractivity contribution < 1.29 is 14.3 Å². The Bertz CT molecular complexity index is 1370. The Balaban J connectivity index is 1.87. The highest BCUT2D eigenvalue weighted by Crippen LogP contribution is 2.23. The van der Waals surface area contributed by atoms with Gasteiger partial charge < -0.3 is 9.30 Å². The maximum Gasteiger partial charge on any atom is 0.328 e. The molecule has 1 heterocycles. The number of amides is 1. The molecule has 0 saturated carbocycles. The summed E-state index contributed by atoms with van der Waals surface area (Å²) in [5.74, 6) is -0.737. The van der Waals surface area contributed by atoms with Gasteiger partial charge in [-0.3, -0.25) is 4.79 Å². The van der Waals surface area contributed by atoms with E-state index in [1.54, 1.807) is 18.4 Å². The van der Waals surface area contributed by atoms with Gasteiger partial charge in [-0.15, -0.1) is 0 Å². The molecule has 0 radical (unpaired) electrons. The van der Waals surface area contributed by atoms with E-state index in [1.807, 2.05) is 91.0 Å². The van der Waals surface area contributed by atoms with Crippen molar-refractivity contribution >= 4 is 45.1 Å². The average molecular weight is 457 g/mol. The van der Waals surface area contributed by atoms with Crippen molar-refractivity contribution in [3.05, 3.63) is 101 Å². The van der Waals surface area contributed by atoms with Crippen molar-refractivity contribution in [2.75, 3.05) is 6.61 Å². The van der Waals surface area contributed by atoms with Gasteiger partial charge in [0, 0.05) is 5.57 Å². The third-order valence-electron chi connectivity index (χ3n) is 5.17. The Morgan fingerprint density at radius 3 is 2.30 bits per heavy atom. The highest BCUT2D eigenvalue weighted by Gasteiger charge is 2.21. The molecule has 0 aliphatic heterocycles. The van der Waals surface area contributed by atoms with Crippen molar-refractivity contribution in [2.45, 2.75) is 19.9 Å². The molecule has 4 aromatic rings. The van der Waals surface area contributed by atoms with Gasteiger partial charge >= 0.3 is 5.97 Å². The van der Waals surface area contributed by atoms with Crippen LogP contribution in [-0.4, -0.2) is 23.1 Å². The first-order valence-electron chi connectivity index (χ1n) is 10.8. The summed E-state index contributed by atoms with van der Waals surface area (Å²) < 4.78 is 7.96. The topological polar surface area (TPSA) is 60.7 Å². The van der Waals surface area contributed by atoms with Crippen LogP contribution in [0.5, 0.6) is 0 Å². The molecule has 5 nitrogen and oxygen atoms in total. The molecule has 166 valence electrons.